The predicted octanol–water partition coefficient (Wildman–Crippen LogP) is 1.96. The number of hydrogen-bond acceptors (Lipinski definition) is 10. The first-order valence-electron chi connectivity index (χ1n) is 13.1. The lowest BCUT2D eigenvalue weighted by Crippen LogP contribution is -2.46. The zero-order valence-electron chi connectivity index (χ0n) is 22.5. The molecule has 0 aliphatic carbocycles. The maximum Gasteiger partial charge on any atom is 0.586 e. The molecule has 222 valence electrons. The molecule has 3 aromatic rings. The van der Waals surface area contributed by atoms with Crippen molar-refractivity contribution < 1.29 is 47.5 Å². The Hall–Kier alpha value is -4.43. The number of carbonyl (C=O) groups is 1. The fourth-order valence-electron chi connectivity index (χ4n) is 5.25. The number of aromatic nitrogens is 2. The first-order chi connectivity index (χ1) is 20.0. The van der Waals surface area contributed by atoms with Crippen molar-refractivity contribution in [3.05, 3.63) is 69.6 Å². The SMILES string of the molecule is COc1ccc2c(c1)OC(c1ccc(=O)n(C[C@@H](O)CO)n1)C[C@H]2NC(=O)[C@@]1(C)COc2cc3c(cc21)OC(F)(F)O3. The van der Waals surface area contributed by atoms with E-state index in [0.29, 0.717) is 28.3 Å². The van der Waals surface area contributed by atoms with Gasteiger partial charge in [-0.15, -0.1) is 8.78 Å². The van der Waals surface area contributed by atoms with Crippen molar-refractivity contribution >= 4 is 5.91 Å². The third kappa shape index (κ3) is 4.86. The van der Waals surface area contributed by atoms with Gasteiger partial charge in [0.1, 0.15) is 41.1 Å². The van der Waals surface area contributed by atoms with Crippen LogP contribution in [-0.2, 0) is 16.8 Å². The number of hydrogen-bond donors (Lipinski definition) is 3. The lowest BCUT2D eigenvalue weighted by Gasteiger charge is -2.34. The summed E-state index contributed by atoms with van der Waals surface area (Å²) in [6, 6.07) is 9.97. The van der Waals surface area contributed by atoms with Gasteiger partial charge in [-0.25, -0.2) is 4.68 Å². The zero-order valence-corrected chi connectivity index (χ0v) is 22.5. The zero-order chi connectivity index (χ0) is 29.8. The molecule has 1 aromatic heterocycles. The molecule has 14 heteroatoms. The van der Waals surface area contributed by atoms with Gasteiger partial charge in [0.25, 0.3) is 5.56 Å². The van der Waals surface area contributed by atoms with Crippen LogP contribution in [0.4, 0.5) is 8.78 Å². The van der Waals surface area contributed by atoms with Crippen LogP contribution in [-0.4, -0.2) is 58.6 Å². The van der Waals surface area contributed by atoms with Crippen molar-refractivity contribution in [3.8, 4) is 28.7 Å². The van der Waals surface area contributed by atoms with Gasteiger partial charge in [-0.05, 0) is 31.2 Å². The normalized spacial score (nSPS) is 23.7. The number of aliphatic hydroxyl groups excluding tert-OH is 2. The van der Waals surface area contributed by atoms with Crippen LogP contribution in [0.15, 0.2) is 47.3 Å². The molecule has 3 N–H and O–H groups in total. The Balaban J connectivity index is 1.31. The number of nitrogens with zero attached hydrogens (tertiary/aromatic N) is 2. The Morgan fingerprint density at radius 2 is 1.93 bits per heavy atom. The largest absolute Gasteiger partial charge is 0.586 e. The van der Waals surface area contributed by atoms with Crippen molar-refractivity contribution in [3.63, 3.8) is 0 Å². The number of alkyl halides is 2. The van der Waals surface area contributed by atoms with Crippen molar-refractivity contribution in [1.82, 2.24) is 15.1 Å². The van der Waals surface area contributed by atoms with E-state index in [4.69, 9.17) is 14.2 Å². The van der Waals surface area contributed by atoms with Crippen molar-refractivity contribution in [1.29, 1.82) is 0 Å². The van der Waals surface area contributed by atoms with E-state index in [1.165, 1.54) is 31.4 Å². The number of methoxy groups -OCH3 is 1. The maximum atomic E-state index is 13.9. The summed E-state index contributed by atoms with van der Waals surface area (Å²) in [5.74, 6) is 0.367. The van der Waals surface area contributed by atoms with E-state index in [2.05, 4.69) is 19.9 Å². The van der Waals surface area contributed by atoms with Gasteiger partial charge in [0.2, 0.25) is 5.91 Å². The van der Waals surface area contributed by atoms with Gasteiger partial charge in [-0.1, -0.05) is 0 Å². The molecule has 42 heavy (non-hydrogen) atoms. The first-order valence-corrected chi connectivity index (χ1v) is 13.1. The van der Waals surface area contributed by atoms with Crippen molar-refractivity contribution in [2.45, 2.75) is 49.8 Å². The van der Waals surface area contributed by atoms with Crippen LogP contribution in [0.5, 0.6) is 28.7 Å². The van der Waals surface area contributed by atoms with Crippen molar-refractivity contribution in [2.24, 2.45) is 0 Å². The fraction of sp³-hybridized carbons (Fsp3) is 0.393. The number of nitrogens with one attached hydrogen (secondary N) is 1. The standard InChI is InChI=1S/C28H27F2N3O9/c1-27(13-39-21-10-24-23(8-17(21)27)41-28(29,30)42-24)26(37)31-19-9-22(40-20-7-15(38-2)3-4-16(19)20)18-5-6-25(36)33(32-18)11-14(35)12-34/h3-8,10,14,19,22,34-35H,9,11-13H2,1-2H3,(H,31,37)/t14-,19-,22?,27+/m1/s1. The summed E-state index contributed by atoms with van der Waals surface area (Å²) >= 11 is 0. The van der Waals surface area contributed by atoms with Gasteiger partial charge in [0, 0.05) is 35.7 Å². The number of aliphatic hydroxyl groups is 2. The second-order valence-electron chi connectivity index (χ2n) is 10.5. The topological polar surface area (TPSA) is 151 Å². The third-order valence-corrected chi connectivity index (χ3v) is 7.55. The molecule has 4 heterocycles. The maximum absolute atomic E-state index is 13.9. The molecule has 1 unspecified atom stereocenters. The van der Waals surface area contributed by atoms with Gasteiger partial charge in [0.05, 0.1) is 32.4 Å². The van der Waals surface area contributed by atoms with E-state index < -0.39 is 48.0 Å². The van der Waals surface area contributed by atoms with Gasteiger partial charge in [0.15, 0.2) is 11.5 Å². The highest BCUT2D eigenvalue weighted by atomic mass is 19.3. The summed E-state index contributed by atoms with van der Waals surface area (Å²) in [5, 5.41) is 26.4. The van der Waals surface area contributed by atoms with E-state index in [1.54, 1.807) is 25.1 Å². The molecule has 2 aromatic carbocycles. The Bertz CT molecular complexity index is 1610. The summed E-state index contributed by atoms with van der Waals surface area (Å²) in [7, 11) is 1.50. The molecule has 0 bridgehead atoms. The Kier molecular flexibility index (Phi) is 6.69. The molecule has 3 aliphatic heterocycles. The van der Waals surface area contributed by atoms with E-state index in [1.807, 2.05) is 0 Å². The van der Waals surface area contributed by atoms with Crippen LogP contribution in [0.3, 0.4) is 0 Å². The number of benzene rings is 2. The van der Waals surface area contributed by atoms with Crippen LogP contribution in [0, 0.1) is 0 Å². The molecule has 3 aliphatic rings. The molecule has 0 saturated carbocycles. The second kappa shape index (κ2) is 10.1. The lowest BCUT2D eigenvalue weighted by molar-refractivity contribution is -0.286. The summed E-state index contributed by atoms with van der Waals surface area (Å²) in [4.78, 5) is 26.2. The van der Waals surface area contributed by atoms with E-state index in [9.17, 15) is 28.6 Å². The van der Waals surface area contributed by atoms with E-state index in [-0.39, 0.29) is 36.8 Å². The highest BCUT2D eigenvalue weighted by molar-refractivity contribution is 5.90. The van der Waals surface area contributed by atoms with E-state index >= 15 is 0 Å². The van der Waals surface area contributed by atoms with Crippen LogP contribution >= 0.6 is 0 Å². The third-order valence-electron chi connectivity index (χ3n) is 7.55. The van der Waals surface area contributed by atoms with Crippen molar-refractivity contribution in [2.75, 3.05) is 20.3 Å². The number of carbonyl (C=O) groups excluding carboxylic acids is 1. The monoisotopic (exact) mass is 587 g/mol. The summed E-state index contributed by atoms with van der Waals surface area (Å²) in [5.41, 5.74) is -0.327. The number of fused-ring (bicyclic) bond motifs is 3. The summed E-state index contributed by atoms with van der Waals surface area (Å²) in [6.45, 7) is 0.831. The Morgan fingerprint density at radius 3 is 2.67 bits per heavy atom. The number of rotatable bonds is 7. The minimum Gasteiger partial charge on any atom is -0.497 e. The highest BCUT2D eigenvalue weighted by Crippen LogP contribution is 2.50. The van der Waals surface area contributed by atoms with Gasteiger partial charge in [-0.3, -0.25) is 9.59 Å². The fourth-order valence-corrected chi connectivity index (χ4v) is 5.25. The molecule has 1 amide bonds. The van der Waals surface area contributed by atoms with Crippen LogP contribution < -0.4 is 34.6 Å². The average molecular weight is 588 g/mol. The highest BCUT2D eigenvalue weighted by Gasteiger charge is 2.49. The molecule has 12 nitrogen and oxygen atoms in total. The van der Waals surface area contributed by atoms with Crippen LogP contribution in [0.2, 0.25) is 0 Å². The molecule has 0 spiro atoms. The molecular weight excluding hydrogens is 560 g/mol. The predicted molar refractivity (Wildman–Crippen MR) is 139 cm³/mol. The number of ether oxygens (including phenoxy) is 5. The van der Waals surface area contributed by atoms with Gasteiger partial charge >= 0.3 is 6.29 Å². The minimum atomic E-state index is -3.81. The van der Waals surface area contributed by atoms with Gasteiger partial charge in [-0.2, -0.15) is 5.10 Å². The number of amides is 1. The number of halogens is 2. The summed E-state index contributed by atoms with van der Waals surface area (Å²) < 4.78 is 54.7. The summed E-state index contributed by atoms with van der Waals surface area (Å²) in [6.07, 6.45) is -5.50. The van der Waals surface area contributed by atoms with E-state index in [0.717, 1.165) is 4.68 Å². The Morgan fingerprint density at radius 1 is 1.17 bits per heavy atom. The molecule has 0 fully saturated rings. The quantitative estimate of drug-likeness (QED) is 0.374. The molecule has 4 atom stereocenters. The second-order valence-corrected chi connectivity index (χ2v) is 10.5. The first kappa shape index (κ1) is 27.7. The average Bonchev–Trinajstić information content (AvgIpc) is 3.46. The molecular formula is C28H27F2N3O9. The smallest absolute Gasteiger partial charge is 0.497 e. The molecule has 0 radical (unpaired) electrons. The van der Waals surface area contributed by atoms with Crippen LogP contribution in [0.25, 0.3) is 0 Å². The Labute approximate surface area is 237 Å². The molecule has 6 rings (SSSR count). The van der Waals surface area contributed by atoms with Gasteiger partial charge < -0.3 is 39.2 Å². The lowest BCUT2D eigenvalue weighted by atomic mass is 9.82. The minimum absolute atomic E-state index is 0.0464. The van der Waals surface area contributed by atoms with Crippen LogP contribution in [0.1, 0.15) is 42.3 Å². The molecule has 0 saturated heterocycles.